The number of aromatic nitrogens is 1. The summed E-state index contributed by atoms with van der Waals surface area (Å²) in [6, 6.07) is 1.79. The van der Waals surface area contributed by atoms with Gasteiger partial charge in [0.05, 0.1) is 11.9 Å². The minimum atomic E-state index is -0.0130. The molecule has 0 spiro atoms. The van der Waals surface area contributed by atoms with Crippen LogP contribution in [0.4, 0.5) is 5.69 Å². The zero-order valence-electron chi connectivity index (χ0n) is 8.74. The van der Waals surface area contributed by atoms with Crippen LogP contribution in [-0.2, 0) is 0 Å². The van der Waals surface area contributed by atoms with Gasteiger partial charge in [0, 0.05) is 14.0 Å². The average molecular weight is 190 g/mol. The highest BCUT2D eigenvalue weighted by Crippen LogP contribution is 2.18. The maximum atomic E-state index is 11.1. The first kappa shape index (κ1) is 10.4. The Labute approximate surface area is 84.1 Å². The maximum Gasteiger partial charge on any atom is 0.178 e. The molecule has 74 valence electrons. The number of pyridine rings is 1. The average Bonchev–Trinajstić information content (AvgIpc) is 2.16. The summed E-state index contributed by atoms with van der Waals surface area (Å²) in [7, 11) is 1.89. The van der Waals surface area contributed by atoms with Crippen LogP contribution >= 0.6 is 0 Å². The van der Waals surface area contributed by atoms with Crippen molar-refractivity contribution in [3.8, 4) is 0 Å². The summed E-state index contributed by atoms with van der Waals surface area (Å²) in [6.07, 6.45) is 3.39. The summed E-state index contributed by atoms with van der Waals surface area (Å²) in [5.41, 5.74) is 2.49. The fourth-order valence-electron chi connectivity index (χ4n) is 1.21. The number of ketones is 1. The van der Waals surface area contributed by atoms with Crippen molar-refractivity contribution < 1.29 is 4.79 Å². The largest absolute Gasteiger partial charge is 0.350 e. The van der Waals surface area contributed by atoms with E-state index >= 15 is 0 Å². The van der Waals surface area contributed by atoms with E-state index in [0.29, 0.717) is 5.69 Å². The van der Waals surface area contributed by atoms with Crippen molar-refractivity contribution in [2.75, 3.05) is 11.9 Å². The van der Waals surface area contributed by atoms with Crippen LogP contribution in [0.25, 0.3) is 0 Å². The van der Waals surface area contributed by atoms with E-state index in [1.165, 1.54) is 6.92 Å². The number of nitrogens with zero attached hydrogens (tertiary/aromatic N) is 2. The van der Waals surface area contributed by atoms with Crippen LogP contribution in [0.5, 0.6) is 0 Å². The minimum Gasteiger partial charge on any atom is -0.350 e. The number of hydrogen-bond acceptors (Lipinski definition) is 3. The molecule has 3 heteroatoms. The van der Waals surface area contributed by atoms with Gasteiger partial charge in [0.2, 0.25) is 0 Å². The summed E-state index contributed by atoms with van der Waals surface area (Å²) in [5.74, 6) is -0.0130. The number of carbonyl (C=O) groups is 1. The standard InChI is InChI=1S/C11H14N2O/c1-5-13(4)11-7-12-10(9(3)14)6-8(11)2/h5-7H,1H2,2-4H3. The lowest BCUT2D eigenvalue weighted by Crippen LogP contribution is -2.10. The maximum absolute atomic E-state index is 11.1. The van der Waals surface area contributed by atoms with Gasteiger partial charge in [-0.3, -0.25) is 9.78 Å². The van der Waals surface area contributed by atoms with Crippen LogP contribution < -0.4 is 4.90 Å². The third-order valence-corrected chi connectivity index (χ3v) is 2.10. The molecular formula is C11H14N2O. The Morgan fingerprint density at radius 2 is 2.29 bits per heavy atom. The van der Waals surface area contributed by atoms with Crippen LogP contribution in [0.2, 0.25) is 0 Å². The van der Waals surface area contributed by atoms with E-state index < -0.39 is 0 Å². The van der Waals surface area contributed by atoms with Crippen molar-refractivity contribution in [3.05, 3.63) is 36.3 Å². The van der Waals surface area contributed by atoms with Crippen molar-refractivity contribution in [1.29, 1.82) is 0 Å². The molecule has 3 nitrogen and oxygen atoms in total. The van der Waals surface area contributed by atoms with E-state index in [2.05, 4.69) is 11.6 Å². The first-order valence-electron chi connectivity index (χ1n) is 4.39. The predicted octanol–water partition coefficient (Wildman–Crippen LogP) is 2.17. The number of carbonyl (C=O) groups excluding carboxylic acids is 1. The molecule has 0 saturated carbocycles. The molecule has 0 radical (unpaired) electrons. The molecule has 0 N–H and O–H groups in total. The summed E-state index contributed by atoms with van der Waals surface area (Å²) >= 11 is 0. The van der Waals surface area contributed by atoms with Crippen molar-refractivity contribution >= 4 is 11.5 Å². The summed E-state index contributed by atoms with van der Waals surface area (Å²) in [5, 5.41) is 0. The molecule has 0 amide bonds. The Morgan fingerprint density at radius 3 is 2.71 bits per heavy atom. The highest BCUT2D eigenvalue weighted by Gasteiger charge is 2.06. The third-order valence-electron chi connectivity index (χ3n) is 2.10. The molecule has 1 aromatic heterocycles. The Hall–Kier alpha value is -1.64. The lowest BCUT2D eigenvalue weighted by Gasteiger charge is -2.15. The molecule has 1 aromatic rings. The molecule has 0 aliphatic carbocycles. The molecule has 0 saturated heterocycles. The SMILES string of the molecule is C=CN(C)c1cnc(C(C)=O)cc1C. The molecule has 0 aromatic carbocycles. The molecule has 1 heterocycles. The zero-order chi connectivity index (χ0) is 10.7. The smallest absolute Gasteiger partial charge is 0.178 e. The quantitative estimate of drug-likeness (QED) is 0.685. The number of anilines is 1. The second-order valence-electron chi connectivity index (χ2n) is 3.21. The molecule has 0 atom stereocenters. The van der Waals surface area contributed by atoms with Gasteiger partial charge >= 0.3 is 0 Å². The number of aryl methyl sites for hydroxylation is 1. The van der Waals surface area contributed by atoms with E-state index in [0.717, 1.165) is 11.3 Å². The fourth-order valence-corrected chi connectivity index (χ4v) is 1.21. The molecule has 0 aliphatic rings. The van der Waals surface area contributed by atoms with Gasteiger partial charge in [-0.05, 0) is 24.8 Å². The normalized spacial score (nSPS) is 9.64. The molecular weight excluding hydrogens is 176 g/mol. The van der Waals surface area contributed by atoms with Crippen molar-refractivity contribution in [3.63, 3.8) is 0 Å². The summed E-state index contributed by atoms with van der Waals surface area (Å²) in [4.78, 5) is 17.0. The molecule has 0 bridgehead atoms. The van der Waals surface area contributed by atoms with Crippen molar-refractivity contribution in [2.24, 2.45) is 0 Å². The van der Waals surface area contributed by atoms with Gasteiger partial charge in [-0.15, -0.1) is 0 Å². The van der Waals surface area contributed by atoms with Crippen LogP contribution in [0, 0.1) is 6.92 Å². The topological polar surface area (TPSA) is 33.2 Å². The van der Waals surface area contributed by atoms with E-state index in [4.69, 9.17) is 0 Å². The molecule has 1 rings (SSSR count). The Bertz CT molecular complexity index is 372. The van der Waals surface area contributed by atoms with Gasteiger partial charge < -0.3 is 4.90 Å². The summed E-state index contributed by atoms with van der Waals surface area (Å²) in [6.45, 7) is 7.13. The van der Waals surface area contributed by atoms with E-state index in [1.807, 2.05) is 18.9 Å². The second kappa shape index (κ2) is 4.05. The number of hydrogen-bond donors (Lipinski definition) is 0. The lowest BCUT2D eigenvalue weighted by atomic mass is 10.2. The highest BCUT2D eigenvalue weighted by atomic mass is 16.1. The van der Waals surface area contributed by atoms with Gasteiger partial charge in [0.1, 0.15) is 5.69 Å². The number of Topliss-reactive ketones (excluding diaryl/α,β-unsaturated/α-hetero) is 1. The van der Waals surface area contributed by atoms with Gasteiger partial charge in [-0.2, -0.15) is 0 Å². The summed E-state index contributed by atoms with van der Waals surface area (Å²) < 4.78 is 0. The van der Waals surface area contributed by atoms with Gasteiger partial charge in [-0.1, -0.05) is 6.58 Å². The molecule has 0 unspecified atom stereocenters. The first-order chi connectivity index (χ1) is 6.56. The van der Waals surface area contributed by atoms with Gasteiger partial charge in [0.25, 0.3) is 0 Å². The lowest BCUT2D eigenvalue weighted by molar-refractivity contribution is 0.101. The second-order valence-corrected chi connectivity index (χ2v) is 3.21. The van der Waals surface area contributed by atoms with Crippen LogP contribution in [0.3, 0.4) is 0 Å². The van der Waals surface area contributed by atoms with E-state index in [9.17, 15) is 4.79 Å². The molecule has 0 aliphatic heterocycles. The van der Waals surface area contributed by atoms with Crippen LogP contribution in [0.15, 0.2) is 25.0 Å². The Kier molecular flexibility index (Phi) is 3.02. The van der Waals surface area contributed by atoms with Crippen molar-refractivity contribution in [1.82, 2.24) is 4.98 Å². The first-order valence-corrected chi connectivity index (χ1v) is 4.39. The van der Waals surface area contributed by atoms with Crippen LogP contribution in [0.1, 0.15) is 23.0 Å². The zero-order valence-corrected chi connectivity index (χ0v) is 8.74. The third kappa shape index (κ3) is 1.99. The minimum absolute atomic E-state index is 0.0130. The van der Waals surface area contributed by atoms with E-state index in [-0.39, 0.29) is 5.78 Å². The van der Waals surface area contributed by atoms with Gasteiger partial charge in [0.15, 0.2) is 5.78 Å². The predicted molar refractivity (Wildman–Crippen MR) is 57.6 cm³/mol. The van der Waals surface area contributed by atoms with Crippen LogP contribution in [-0.4, -0.2) is 17.8 Å². The highest BCUT2D eigenvalue weighted by molar-refractivity contribution is 5.92. The Morgan fingerprint density at radius 1 is 1.64 bits per heavy atom. The van der Waals surface area contributed by atoms with Gasteiger partial charge in [-0.25, -0.2) is 0 Å². The van der Waals surface area contributed by atoms with Crippen molar-refractivity contribution in [2.45, 2.75) is 13.8 Å². The monoisotopic (exact) mass is 190 g/mol. The van der Waals surface area contributed by atoms with E-state index in [1.54, 1.807) is 18.5 Å². The number of rotatable bonds is 3. The fraction of sp³-hybridized carbons (Fsp3) is 0.273. The Balaban J connectivity index is 3.13. The molecule has 0 fully saturated rings. The molecule has 14 heavy (non-hydrogen) atoms.